The predicted molar refractivity (Wildman–Crippen MR) is 100 cm³/mol. The topological polar surface area (TPSA) is 47.6 Å². The fourth-order valence-electron chi connectivity index (χ4n) is 2.55. The van der Waals surface area contributed by atoms with E-state index in [0.717, 1.165) is 21.5 Å². The second-order valence-electron chi connectivity index (χ2n) is 5.76. The van der Waals surface area contributed by atoms with E-state index in [0.29, 0.717) is 18.7 Å². The Morgan fingerprint density at radius 3 is 2.29 bits per heavy atom. The van der Waals surface area contributed by atoms with Gasteiger partial charge in [-0.2, -0.15) is 0 Å². The molecule has 2 aromatic rings. The standard InChI is InChI=1S/C19H22BrNO3/c1-12-7-13(2)9-15(8-12)24-6-5-21-18-16(19(22)23-4)10-14(3)11-17(18)20/h7-11,21H,5-6H2,1-4H3. The van der Waals surface area contributed by atoms with Crippen molar-refractivity contribution in [3.05, 3.63) is 57.1 Å². The van der Waals surface area contributed by atoms with Gasteiger partial charge >= 0.3 is 5.97 Å². The van der Waals surface area contributed by atoms with E-state index < -0.39 is 0 Å². The van der Waals surface area contributed by atoms with Gasteiger partial charge in [-0.05, 0) is 77.7 Å². The maximum absolute atomic E-state index is 12.0. The van der Waals surface area contributed by atoms with E-state index in [1.807, 2.05) is 45.0 Å². The summed E-state index contributed by atoms with van der Waals surface area (Å²) in [7, 11) is 1.38. The zero-order valence-corrected chi connectivity index (χ0v) is 16.0. The lowest BCUT2D eigenvalue weighted by Crippen LogP contribution is -2.15. The summed E-state index contributed by atoms with van der Waals surface area (Å²) in [5, 5.41) is 3.25. The number of halogens is 1. The maximum Gasteiger partial charge on any atom is 0.340 e. The van der Waals surface area contributed by atoms with Gasteiger partial charge in [0.2, 0.25) is 0 Å². The molecule has 0 saturated carbocycles. The van der Waals surface area contributed by atoms with Crippen molar-refractivity contribution < 1.29 is 14.3 Å². The first kappa shape index (κ1) is 18.3. The molecular weight excluding hydrogens is 370 g/mol. The highest BCUT2D eigenvalue weighted by atomic mass is 79.9. The van der Waals surface area contributed by atoms with E-state index in [2.05, 4.69) is 27.3 Å². The number of benzene rings is 2. The van der Waals surface area contributed by atoms with Crippen LogP contribution in [0.15, 0.2) is 34.8 Å². The summed E-state index contributed by atoms with van der Waals surface area (Å²) in [6.45, 7) is 7.08. The van der Waals surface area contributed by atoms with E-state index in [9.17, 15) is 4.79 Å². The highest BCUT2D eigenvalue weighted by Gasteiger charge is 2.15. The van der Waals surface area contributed by atoms with Crippen molar-refractivity contribution in [1.29, 1.82) is 0 Å². The van der Waals surface area contributed by atoms with Crippen molar-refractivity contribution in [1.82, 2.24) is 0 Å². The van der Waals surface area contributed by atoms with Gasteiger partial charge in [0.15, 0.2) is 0 Å². The molecule has 0 radical (unpaired) electrons. The summed E-state index contributed by atoms with van der Waals surface area (Å²) in [5.74, 6) is 0.489. The minimum absolute atomic E-state index is 0.364. The lowest BCUT2D eigenvalue weighted by atomic mass is 10.1. The molecule has 0 aliphatic heterocycles. The van der Waals surface area contributed by atoms with Gasteiger partial charge in [0.25, 0.3) is 0 Å². The van der Waals surface area contributed by atoms with Crippen LogP contribution in [0, 0.1) is 20.8 Å². The molecule has 0 heterocycles. The molecule has 0 spiro atoms. The SMILES string of the molecule is COC(=O)c1cc(C)cc(Br)c1NCCOc1cc(C)cc(C)c1. The van der Waals surface area contributed by atoms with Crippen molar-refractivity contribution in [3.63, 3.8) is 0 Å². The summed E-state index contributed by atoms with van der Waals surface area (Å²) in [6, 6.07) is 9.89. The van der Waals surface area contributed by atoms with Gasteiger partial charge in [-0.3, -0.25) is 0 Å². The molecule has 5 heteroatoms. The Balaban J connectivity index is 2.03. The number of methoxy groups -OCH3 is 1. The van der Waals surface area contributed by atoms with Crippen LogP contribution < -0.4 is 10.1 Å². The number of ether oxygens (including phenoxy) is 2. The number of anilines is 1. The second kappa shape index (κ2) is 8.20. The zero-order chi connectivity index (χ0) is 17.7. The van der Waals surface area contributed by atoms with E-state index in [1.165, 1.54) is 18.2 Å². The molecule has 0 aromatic heterocycles. The number of aryl methyl sites for hydroxylation is 3. The fraction of sp³-hybridized carbons (Fsp3) is 0.316. The minimum atomic E-state index is -0.364. The maximum atomic E-state index is 12.0. The molecule has 24 heavy (non-hydrogen) atoms. The molecule has 0 bridgehead atoms. The van der Waals surface area contributed by atoms with Crippen LogP contribution >= 0.6 is 15.9 Å². The summed E-state index contributed by atoms with van der Waals surface area (Å²) in [6.07, 6.45) is 0. The molecule has 0 aliphatic carbocycles. The van der Waals surface area contributed by atoms with Gasteiger partial charge in [0.05, 0.1) is 18.4 Å². The first-order valence-corrected chi connectivity index (χ1v) is 8.53. The van der Waals surface area contributed by atoms with Gasteiger partial charge < -0.3 is 14.8 Å². The summed E-state index contributed by atoms with van der Waals surface area (Å²) in [5.41, 5.74) is 4.56. The predicted octanol–water partition coefficient (Wildman–Crippen LogP) is 4.65. The third kappa shape index (κ3) is 4.74. The lowest BCUT2D eigenvalue weighted by molar-refractivity contribution is 0.0601. The van der Waals surface area contributed by atoms with Gasteiger partial charge in [-0.25, -0.2) is 4.79 Å². The van der Waals surface area contributed by atoms with Gasteiger partial charge in [-0.15, -0.1) is 0 Å². The largest absolute Gasteiger partial charge is 0.492 e. The van der Waals surface area contributed by atoms with Crippen molar-refractivity contribution in [2.24, 2.45) is 0 Å². The summed E-state index contributed by atoms with van der Waals surface area (Å²) >= 11 is 3.50. The van der Waals surface area contributed by atoms with Crippen molar-refractivity contribution in [3.8, 4) is 5.75 Å². The molecule has 0 amide bonds. The van der Waals surface area contributed by atoms with Crippen molar-refractivity contribution >= 4 is 27.6 Å². The highest BCUT2D eigenvalue weighted by molar-refractivity contribution is 9.10. The number of esters is 1. The first-order valence-electron chi connectivity index (χ1n) is 7.74. The van der Waals surface area contributed by atoms with Crippen molar-refractivity contribution in [2.75, 3.05) is 25.6 Å². The molecular formula is C19H22BrNO3. The third-order valence-corrected chi connectivity index (χ3v) is 4.13. The van der Waals surface area contributed by atoms with Gasteiger partial charge in [0, 0.05) is 11.0 Å². The Bertz CT molecular complexity index is 723. The van der Waals surface area contributed by atoms with Gasteiger partial charge in [0.1, 0.15) is 12.4 Å². The smallest absolute Gasteiger partial charge is 0.340 e. The first-order chi connectivity index (χ1) is 11.4. The molecule has 0 aliphatic rings. The number of carbonyl (C=O) groups is 1. The van der Waals surface area contributed by atoms with Crippen LogP contribution in [-0.2, 0) is 4.74 Å². The fourth-order valence-corrected chi connectivity index (χ4v) is 3.27. The van der Waals surface area contributed by atoms with Gasteiger partial charge in [-0.1, -0.05) is 6.07 Å². The molecule has 0 fully saturated rings. The normalized spacial score (nSPS) is 10.4. The Labute approximate surface area is 151 Å². The van der Waals surface area contributed by atoms with Crippen LogP contribution in [0.4, 0.5) is 5.69 Å². The Morgan fingerprint density at radius 2 is 1.67 bits per heavy atom. The minimum Gasteiger partial charge on any atom is -0.492 e. The van der Waals surface area contributed by atoms with Crippen molar-refractivity contribution in [2.45, 2.75) is 20.8 Å². The molecule has 128 valence electrons. The monoisotopic (exact) mass is 391 g/mol. The van der Waals surface area contributed by atoms with E-state index >= 15 is 0 Å². The quantitative estimate of drug-likeness (QED) is 0.574. The van der Waals surface area contributed by atoms with E-state index in [-0.39, 0.29) is 5.97 Å². The van der Waals surface area contributed by atoms with Crippen LogP contribution in [0.5, 0.6) is 5.75 Å². The Morgan fingerprint density at radius 1 is 1.04 bits per heavy atom. The number of nitrogens with one attached hydrogen (secondary N) is 1. The second-order valence-corrected chi connectivity index (χ2v) is 6.61. The Kier molecular flexibility index (Phi) is 6.26. The van der Waals surface area contributed by atoms with Crippen LogP contribution in [0.1, 0.15) is 27.0 Å². The van der Waals surface area contributed by atoms with Crippen LogP contribution in [0.3, 0.4) is 0 Å². The molecule has 4 nitrogen and oxygen atoms in total. The Hall–Kier alpha value is -2.01. The molecule has 2 rings (SSSR count). The molecule has 0 saturated heterocycles. The zero-order valence-electron chi connectivity index (χ0n) is 14.4. The van der Waals surface area contributed by atoms with Crippen LogP contribution in [0.25, 0.3) is 0 Å². The number of hydrogen-bond donors (Lipinski definition) is 1. The lowest BCUT2D eigenvalue weighted by Gasteiger charge is -2.14. The summed E-state index contributed by atoms with van der Waals surface area (Å²) < 4.78 is 11.5. The third-order valence-electron chi connectivity index (χ3n) is 3.51. The average molecular weight is 392 g/mol. The van der Waals surface area contributed by atoms with Crippen LogP contribution in [-0.4, -0.2) is 26.2 Å². The molecule has 0 unspecified atom stereocenters. The highest BCUT2D eigenvalue weighted by Crippen LogP contribution is 2.29. The van der Waals surface area contributed by atoms with E-state index in [1.54, 1.807) is 0 Å². The molecule has 2 aromatic carbocycles. The average Bonchev–Trinajstić information content (AvgIpc) is 2.50. The van der Waals surface area contributed by atoms with Crippen LogP contribution in [0.2, 0.25) is 0 Å². The summed E-state index contributed by atoms with van der Waals surface area (Å²) in [4.78, 5) is 12.0. The number of rotatable bonds is 6. The number of carbonyl (C=O) groups excluding carboxylic acids is 1. The molecule has 0 atom stereocenters. The number of hydrogen-bond acceptors (Lipinski definition) is 4. The van der Waals surface area contributed by atoms with E-state index in [4.69, 9.17) is 9.47 Å². The molecule has 1 N–H and O–H groups in total.